The molecule has 2 unspecified atom stereocenters. The highest BCUT2D eigenvalue weighted by molar-refractivity contribution is 6.06. The Hall–Kier alpha value is -5.55. The molecule has 7 aliphatic rings. The van der Waals surface area contributed by atoms with Gasteiger partial charge in [-0.1, -0.05) is 48.5 Å². The van der Waals surface area contributed by atoms with Gasteiger partial charge in [0, 0.05) is 75.6 Å². The Morgan fingerprint density at radius 1 is 0.806 bits per heavy atom. The normalized spacial score (nSPS) is 22.8. The van der Waals surface area contributed by atoms with E-state index in [4.69, 9.17) is 9.47 Å². The predicted molar refractivity (Wildman–Crippen MR) is 241 cm³/mol. The second-order valence-corrected chi connectivity index (χ2v) is 18.4. The van der Waals surface area contributed by atoms with Gasteiger partial charge >= 0.3 is 0 Å². The van der Waals surface area contributed by atoms with Crippen LogP contribution < -0.4 is 19.3 Å². The number of hydrogen-bond donors (Lipinski definition) is 1. The predicted octanol–water partition coefficient (Wildman–Crippen LogP) is 7.34. The van der Waals surface area contributed by atoms with Crippen LogP contribution in [0.2, 0.25) is 0 Å². The molecule has 3 saturated heterocycles. The molecule has 1 spiro atoms. The number of amides is 3. The minimum absolute atomic E-state index is 0.145. The number of likely N-dealkylation sites (tertiary alicyclic amines) is 1. The average molecular weight is 840 g/mol. The molecule has 4 fully saturated rings. The highest BCUT2D eigenvalue weighted by Crippen LogP contribution is 2.53. The van der Waals surface area contributed by atoms with Crippen LogP contribution in [0.4, 0.5) is 11.4 Å². The molecule has 11 heteroatoms. The molecule has 3 amide bonds. The van der Waals surface area contributed by atoms with Crippen molar-refractivity contribution in [2.45, 2.75) is 82.8 Å². The van der Waals surface area contributed by atoms with Gasteiger partial charge in [0.25, 0.3) is 11.8 Å². The Kier molecular flexibility index (Phi) is 12.2. The minimum Gasteiger partial charge on any atom is -0.508 e. The molecule has 1 N–H and O–H groups in total. The minimum atomic E-state index is -0.603. The van der Waals surface area contributed by atoms with Gasteiger partial charge in [0.05, 0.1) is 25.4 Å². The van der Waals surface area contributed by atoms with Crippen molar-refractivity contribution in [2.75, 3.05) is 69.8 Å². The molecule has 5 aliphatic heterocycles. The van der Waals surface area contributed by atoms with E-state index in [0.717, 1.165) is 72.7 Å². The fourth-order valence-corrected chi connectivity index (χ4v) is 11.1. The number of carbonyl (C=O) groups is 3. The van der Waals surface area contributed by atoms with E-state index in [0.29, 0.717) is 36.3 Å². The molecule has 11 nitrogen and oxygen atoms in total. The molecule has 0 radical (unpaired) electrons. The van der Waals surface area contributed by atoms with Gasteiger partial charge in [0.15, 0.2) is 0 Å². The highest BCUT2D eigenvalue weighted by atomic mass is 16.5. The Labute approximate surface area is 366 Å². The third kappa shape index (κ3) is 8.61. The van der Waals surface area contributed by atoms with Crippen molar-refractivity contribution in [2.24, 2.45) is 11.3 Å². The van der Waals surface area contributed by atoms with Crippen LogP contribution in [-0.2, 0) is 29.0 Å². The van der Waals surface area contributed by atoms with Crippen molar-refractivity contribution in [1.29, 1.82) is 0 Å². The quantitative estimate of drug-likeness (QED) is 0.207. The number of piperidine rings is 2. The monoisotopic (exact) mass is 839 g/mol. The number of methoxy groups -OCH3 is 1. The van der Waals surface area contributed by atoms with Gasteiger partial charge < -0.3 is 29.3 Å². The Balaban J connectivity index is 0.000000238. The van der Waals surface area contributed by atoms with Gasteiger partial charge in [0.1, 0.15) is 29.9 Å². The molecule has 0 bridgehead atoms. The molecule has 4 aromatic carbocycles. The Morgan fingerprint density at radius 3 is 2.29 bits per heavy atom. The lowest BCUT2D eigenvalue weighted by atomic mass is 9.57. The molecular formula is C51H61N5O6. The van der Waals surface area contributed by atoms with Gasteiger partial charge in [-0.3, -0.25) is 24.2 Å². The van der Waals surface area contributed by atoms with E-state index in [2.05, 4.69) is 32.9 Å². The summed E-state index contributed by atoms with van der Waals surface area (Å²) >= 11 is 0. The lowest BCUT2D eigenvalue weighted by molar-refractivity contribution is -0.150. The summed E-state index contributed by atoms with van der Waals surface area (Å²) in [4.78, 5) is 48.7. The van der Waals surface area contributed by atoms with E-state index in [9.17, 15) is 19.5 Å². The number of anilines is 2. The number of imide groups is 1. The topological polar surface area (TPSA) is 106 Å². The number of nitrogens with zero attached hydrogens (tertiary/aromatic N) is 5. The number of hydrogen-bond acceptors (Lipinski definition) is 9. The number of ether oxygens (including phenoxy) is 2. The summed E-state index contributed by atoms with van der Waals surface area (Å²) in [5, 5.41) is 9.19. The van der Waals surface area contributed by atoms with E-state index in [1.165, 1.54) is 75.4 Å². The van der Waals surface area contributed by atoms with Crippen LogP contribution in [0.5, 0.6) is 17.2 Å². The fourth-order valence-electron chi connectivity index (χ4n) is 11.1. The number of benzene rings is 4. The van der Waals surface area contributed by atoms with Crippen molar-refractivity contribution in [3.63, 3.8) is 0 Å². The van der Waals surface area contributed by atoms with E-state index >= 15 is 0 Å². The van der Waals surface area contributed by atoms with Gasteiger partial charge in [-0.25, -0.2) is 0 Å². The maximum atomic E-state index is 13.4. The number of phenolic OH excluding ortho intramolecular Hbond substituents is 1. The number of likely N-dealkylation sites (N-methyl/N-ethyl adjacent to an activating group) is 1. The van der Waals surface area contributed by atoms with Crippen LogP contribution >= 0.6 is 0 Å². The van der Waals surface area contributed by atoms with Crippen LogP contribution in [0.3, 0.4) is 0 Å². The molecular weight excluding hydrogens is 779 g/mol. The molecule has 4 aromatic rings. The molecule has 2 aliphatic carbocycles. The first-order chi connectivity index (χ1) is 30.2. The number of fused-ring (bicyclic) bond motifs is 6. The number of aryl methyl sites for hydroxylation is 2. The summed E-state index contributed by atoms with van der Waals surface area (Å²) < 4.78 is 11.9. The summed E-state index contributed by atoms with van der Waals surface area (Å²) in [6.45, 7) is 7.32. The molecule has 2 atom stereocenters. The maximum absolute atomic E-state index is 13.4. The van der Waals surface area contributed by atoms with Crippen LogP contribution in [0.25, 0.3) is 0 Å². The maximum Gasteiger partial charge on any atom is 0.255 e. The summed E-state index contributed by atoms with van der Waals surface area (Å²) in [5.41, 5.74) is 7.12. The van der Waals surface area contributed by atoms with Crippen molar-refractivity contribution in [1.82, 2.24) is 14.7 Å². The summed E-state index contributed by atoms with van der Waals surface area (Å²) in [5.74, 6) is 2.27. The van der Waals surface area contributed by atoms with E-state index in [-0.39, 0.29) is 30.2 Å². The first-order valence-electron chi connectivity index (χ1n) is 22.8. The zero-order chi connectivity index (χ0) is 42.8. The number of piperazine rings is 1. The first kappa shape index (κ1) is 41.8. The van der Waals surface area contributed by atoms with Gasteiger partial charge in [0.2, 0.25) is 5.91 Å². The third-order valence-corrected chi connectivity index (χ3v) is 14.6. The molecule has 1 saturated carbocycles. The largest absolute Gasteiger partial charge is 0.508 e. The summed E-state index contributed by atoms with van der Waals surface area (Å²) in [6.07, 6.45) is 10.8. The lowest BCUT2D eigenvalue weighted by Crippen LogP contribution is -2.59. The fraction of sp³-hybridized carbons (Fsp3) is 0.471. The van der Waals surface area contributed by atoms with E-state index in [1.807, 2.05) is 66.7 Å². The van der Waals surface area contributed by atoms with Crippen LogP contribution in [0.15, 0.2) is 91.0 Å². The second kappa shape index (κ2) is 18.0. The molecule has 5 heterocycles. The molecule has 326 valence electrons. The Bertz CT molecular complexity index is 2220. The zero-order valence-electron chi connectivity index (χ0n) is 36.3. The average Bonchev–Trinajstić information content (AvgIpc) is 3.64. The van der Waals surface area contributed by atoms with Crippen molar-refractivity contribution < 1.29 is 29.0 Å². The van der Waals surface area contributed by atoms with Crippen molar-refractivity contribution in [3.8, 4) is 17.2 Å². The Morgan fingerprint density at radius 2 is 1.55 bits per heavy atom. The highest BCUT2D eigenvalue weighted by Gasteiger charge is 2.48. The molecule has 0 aromatic heterocycles. The standard InChI is InChI=1S/C35H43N5O5.C10H12O.C6H6/c1-36-31(41)9-8-30(34(36)43)40-21-28-27(33(40)42)6-7-29-32(28)45-22-25-20-37(14-15-39(25)29)19-23-17-35(18-23)10-12-38(13-11-35)24-4-3-5-26(16-24)44-2;11-10-6-5-8-3-1-2-4-9(8)7-10;1-2-4-6-5-3-1/h3-7,16,23,25,30H,8-15,17-22H2,1-2H3;5-7,11H,1-4H2;1-6H. The van der Waals surface area contributed by atoms with Crippen LogP contribution in [0.1, 0.15) is 78.4 Å². The van der Waals surface area contributed by atoms with Crippen LogP contribution in [-0.4, -0.2) is 110 Å². The first-order valence-corrected chi connectivity index (χ1v) is 22.8. The number of rotatable bonds is 5. The zero-order valence-corrected chi connectivity index (χ0v) is 36.3. The van der Waals surface area contributed by atoms with Gasteiger partial charge in [-0.2, -0.15) is 0 Å². The third-order valence-electron chi connectivity index (χ3n) is 14.6. The van der Waals surface area contributed by atoms with Gasteiger partial charge in [-0.05, 0) is 117 Å². The number of aromatic hydroxyl groups is 1. The molecule has 62 heavy (non-hydrogen) atoms. The SMILES string of the molecule is COc1cccc(N2CCC3(CC2)CC(CN2CCN4c5ccc6c(c5OCC4C2)CN(C2CCC(=O)N(C)C2=O)C6=O)C3)c1.Oc1ccc2c(c1)CCCC2.c1ccccc1. The summed E-state index contributed by atoms with van der Waals surface area (Å²) in [7, 11) is 3.24. The van der Waals surface area contributed by atoms with Crippen molar-refractivity contribution >= 4 is 29.1 Å². The second-order valence-electron chi connectivity index (χ2n) is 18.4. The lowest BCUT2D eigenvalue weighted by Gasteiger charge is -2.54. The van der Waals surface area contributed by atoms with E-state index in [1.54, 1.807) is 18.1 Å². The summed E-state index contributed by atoms with van der Waals surface area (Å²) in [6, 6.07) is 29.8. The van der Waals surface area contributed by atoms with Gasteiger partial charge in [-0.15, -0.1) is 0 Å². The van der Waals surface area contributed by atoms with Crippen LogP contribution in [0, 0.1) is 11.3 Å². The number of carbonyl (C=O) groups excluding carboxylic acids is 3. The molecule has 11 rings (SSSR count). The smallest absolute Gasteiger partial charge is 0.255 e. The number of phenols is 1. The van der Waals surface area contributed by atoms with E-state index < -0.39 is 6.04 Å². The van der Waals surface area contributed by atoms with Crippen molar-refractivity contribution in [3.05, 3.63) is 113 Å².